The van der Waals surface area contributed by atoms with Crippen LogP contribution < -0.4 is 14.8 Å². The van der Waals surface area contributed by atoms with E-state index < -0.39 is 12.1 Å². The van der Waals surface area contributed by atoms with Crippen LogP contribution in [-0.2, 0) is 27.3 Å². The first-order valence-corrected chi connectivity index (χ1v) is 12.8. The maximum Gasteiger partial charge on any atom is 0.573 e. The van der Waals surface area contributed by atoms with Gasteiger partial charge in [0.1, 0.15) is 0 Å². The third-order valence-electron chi connectivity index (χ3n) is 4.99. The van der Waals surface area contributed by atoms with Gasteiger partial charge < -0.3 is 19.7 Å². The minimum absolute atomic E-state index is 0.153. The molecular weight excluding hydrogens is 491 g/mol. The molecule has 2 aliphatic rings. The first-order valence-electron chi connectivity index (χ1n) is 12.8. The van der Waals surface area contributed by atoms with Crippen LogP contribution in [0.2, 0.25) is 0 Å². The number of hydrogen-bond donors (Lipinski definition) is 2. The zero-order valence-electron chi connectivity index (χ0n) is 23.3. The van der Waals surface area contributed by atoms with Crippen molar-refractivity contribution in [3.8, 4) is 5.75 Å². The zero-order chi connectivity index (χ0) is 28.6. The number of hydrogen-bond acceptors (Lipinski definition) is 6. The van der Waals surface area contributed by atoms with E-state index in [1.807, 2.05) is 0 Å². The number of pyridine rings is 1. The minimum Gasteiger partial charge on any atom is -0.468 e. The van der Waals surface area contributed by atoms with Crippen LogP contribution in [0.3, 0.4) is 0 Å². The minimum atomic E-state index is -4.82. The van der Waals surface area contributed by atoms with Crippen molar-refractivity contribution in [3.63, 3.8) is 0 Å². The van der Waals surface area contributed by atoms with E-state index in [9.17, 15) is 28.0 Å². The van der Waals surface area contributed by atoms with Gasteiger partial charge in [0.05, 0.1) is 26.6 Å². The quantitative estimate of drug-likeness (QED) is 0.327. The third-order valence-corrected chi connectivity index (χ3v) is 4.99. The molecule has 37 heavy (non-hydrogen) atoms. The molecule has 0 aromatic carbocycles. The summed E-state index contributed by atoms with van der Waals surface area (Å²) in [6.45, 7) is 13.1. The Hall–Kier alpha value is -2.56. The summed E-state index contributed by atoms with van der Waals surface area (Å²) in [5.74, 6) is -0.0201. The second kappa shape index (κ2) is 17.8. The Morgan fingerprint density at radius 3 is 2.22 bits per heavy atom. The number of carbonyl (C=O) groups excluding carboxylic acids is 2. The fourth-order valence-corrected chi connectivity index (χ4v) is 3.46. The summed E-state index contributed by atoms with van der Waals surface area (Å²) in [5.41, 5.74) is 0.915. The average Bonchev–Trinajstić information content (AvgIpc) is 3.30. The zero-order valence-corrected chi connectivity index (χ0v) is 23.3. The number of aromatic nitrogens is 1. The van der Waals surface area contributed by atoms with Gasteiger partial charge in [-0.15, -0.1) is 13.2 Å². The van der Waals surface area contributed by atoms with Crippen LogP contribution in [0.4, 0.5) is 13.2 Å². The maximum atomic E-state index is 12.1. The summed E-state index contributed by atoms with van der Waals surface area (Å²) in [4.78, 5) is 23.4. The van der Waals surface area contributed by atoms with Gasteiger partial charge in [-0.25, -0.2) is 0 Å². The summed E-state index contributed by atoms with van der Waals surface area (Å²) in [5, 5.41) is 12.8. The van der Waals surface area contributed by atoms with Crippen molar-refractivity contribution >= 4 is 11.9 Å². The van der Waals surface area contributed by atoms with Crippen LogP contribution in [0.25, 0.3) is 0 Å². The van der Waals surface area contributed by atoms with Gasteiger partial charge in [0.15, 0.2) is 5.75 Å². The van der Waals surface area contributed by atoms with Crippen LogP contribution in [0.15, 0.2) is 12.3 Å². The number of methoxy groups -OCH3 is 1. The molecule has 1 aromatic heterocycles. The number of ether oxygens (including phenoxy) is 2. The van der Waals surface area contributed by atoms with Crippen molar-refractivity contribution in [3.05, 3.63) is 23.5 Å². The van der Waals surface area contributed by atoms with Gasteiger partial charge in [0.2, 0.25) is 11.6 Å². The molecule has 11 heteroatoms. The lowest BCUT2D eigenvalue weighted by molar-refractivity contribution is -0.910. The Balaban J connectivity index is 0.000000606. The first kappa shape index (κ1) is 34.4. The fourth-order valence-electron chi connectivity index (χ4n) is 3.46. The number of alkyl halides is 3. The van der Waals surface area contributed by atoms with Crippen molar-refractivity contribution in [2.24, 2.45) is 5.92 Å². The molecule has 1 aromatic rings. The Morgan fingerprint density at radius 2 is 1.76 bits per heavy atom. The van der Waals surface area contributed by atoms with E-state index in [-0.39, 0.29) is 18.4 Å². The SMILES string of the molecule is CC(=O)N1CCc2c(cc(OC(F)(F)F)c[n+]2O)C1.CC(C)C.CCC.COC(=O)CNC1CCCC1. The van der Waals surface area contributed by atoms with E-state index in [2.05, 4.69) is 49.4 Å². The molecule has 1 saturated carbocycles. The predicted octanol–water partition coefficient (Wildman–Crippen LogP) is 4.78. The molecule has 0 unspecified atom stereocenters. The fraction of sp³-hybridized carbons (Fsp3) is 0.731. The van der Waals surface area contributed by atoms with E-state index in [1.165, 1.54) is 57.1 Å². The van der Waals surface area contributed by atoms with E-state index in [0.29, 0.717) is 41.5 Å². The molecule has 1 amide bonds. The normalized spacial score (nSPS) is 14.7. The van der Waals surface area contributed by atoms with Crippen LogP contribution in [0, 0.1) is 5.92 Å². The Morgan fingerprint density at radius 1 is 1.22 bits per heavy atom. The molecule has 1 aliphatic heterocycles. The smallest absolute Gasteiger partial charge is 0.468 e. The lowest BCUT2D eigenvalue weighted by Crippen LogP contribution is -2.44. The highest BCUT2D eigenvalue weighted by molar-refractivity contribution is 5.73. The first-order chi connectivity index (χ1) is 17.2. The highest BCUT2D eigenvalue weighted by Crippen LogP contribution is 2.25. The molecule has 0 bridgehead atoms. The van der Waals surface area contributed by atoms with Crippen molar-refractivity contribution < 1.29 is 42.2 Å². The van der Waals surface area contributed by atoms with Crippen LogP contribution >= 0.6 is 0 Å². The lowest BCUT2D eigenvalue weighted by Gasteiger charge is -2.25. The number of esters is 1. The highest BCUT2D eigenvalue weighted by Gasteiger charge is 2.34. The number of nitrogens with zero attached hydrogens (tertiary/aromatic N) is 2. The van der Waals surface area contributed by atoms with Gasteiger partial charge in [-0.2, -0.15) is 0 Å². The molecule has 0 spiro atoms. The van der Waals surface area contributed by atoms with E-state index in [4.69, 9.17) is 0 Å². The Labute approximate surface area is 219 Å². The van der Waals surface area contributed by atoms with Gasteiger partial charge in [-0.1, -0.05) is 53.9 Å². The van der Waals surface area contributed by atoms with Gasteiger partial charge >= 0.3 is 12.3 Å². The summed E-state index contributed by atoms with van der Waals surface area (Å²) in [7, 11) is 1.42. The van der Waals surface area contributed by atoms with E-state index >= 15 is 0 Å². The molecule has 1 fully saturated rings. The number of halogens is 3. The molecule has 3 rings (SSSR count). The van der Waals surface area contributed by atoms with Crippen LogP contribution in [0.5, 0.6) is 5.75 Å². The number of rotatable bonds is 4. The number of carbonyl (C=O) groups is 2. The molecule has 214 valence electrons. The van der Waals surface area contributed by atoms with Crippen molar-refractivity contribution in [1.29, 1.82) is 0 Å². The molecule has 8 nitrogen and oxygen atoms in total. The third kappa shape index (κ3) is 16.0. The molecule has 0 saturated heterocycles. The van der Waals surface area contributed by atoms with Gasteiger partial charge in [-0.05, 0) is 24.8 Å². The number of amides is 1. The summed E-state index contributed by atoms with van der Waals surface area (Å²) >= 11 is 0. The molecule has 0 radical (unpaired) electrons. The summed E-state index contributed by atoms with van der Waals surface area (Å²) in [6, 6.07) is 1.74. The predicted molar refractivity (Wildman–Crippen MR) is 134 cm³/mol. The average molecular weight is 537 g/mol. The van der Waals surface area contributed by atoms with Gasteiger partial charge in [0.25, 0.3) is 6.20 Å². The monoisotopic (exact) mass is 536 g/mol. The summed E-state index contributed by atoms with van der Waals surface area (Å²) < 4.78 is 45.3. The molecule has 1 aliphatic carbocycles. The Bertz CT molecular complexity index is 811. The summed E-state index contributed by atoms with van der Waals surface area (Å²) in [6.07, 6.45) is 2.65. The number of nitrogens with one attached hydrogen (secondary N) is 1. The highest BCUT2D eigenvalue weighted by atomic mass is 19.4. The molecule has 0 atom stereocenters. The maximum absolute atomic E-state index is 12.1. The van der Waals surface area contributed by atoms with Crippen molar-refractivity contribution in [1.82, 2.24) is 10.2 Å². The molecule has 2 N–H and O–H groups in total. The topological polar surface area (TPSA) is 92.0 Å². The standard InChI is InChI=1S/C11H12F3N2O3.C8H15NO2.C4H10.C3H8/c1-7(17)15-3-2-10-8(5-15)4-9(6-16(10)18)19-11(12,13)14;1-11-8(10)6-9-7-4-2-3-5-7;1-4(2)3;1-3-2/h4,6,18H,2-3,5H2,1H3;7,9H,2-6H2,1H3;4H,1-3H3;3H2,1-2H3/q+1;;;. The van der Waals surface area contributed by atoms with Crippen molar-refractivity contribution in [2.75, 3.05) is 20.2 Å². The number of fused-ring (bicyclic) bond motifs is 1. The van der Waals surface area contributed by atoms with Crippen LogP contribution in [0.1, 0.15) is 84.9 Å². The van der Waals surface area contributed by atoms with Gasteiger partial charge in [0, 0.05) is 29.8 Å². The van der Waals surface area contributed by atoms with Crippen LogP contribution in [-0.4, -0.2) is 54.6 Å². The van der Waals surface area contributed by atoms with E-state index in [0.717, 1.165) is 12.1 Å². The van der Waals surface area contributed by atoms with Crippen molar-refractivity contribution in [2.45, 2.75) is 99.0 Å². The second-order valence-corrected chi connectivity index (χ2v) is 9.61. The Kier molecular flexibility index (Phi) is 16.6. The molecule has 2 heterocycles. The van der Waals surface area contributed by atoms with Gasteiger partial charge in [-0.3, -0.25) is 14.8 Å². The van der Waals surface area contributed by atoms with E-state index in [1.54, 1.807) is 0 Å². The lowest BCUT2D eigenvalue weighted by atomic mass is 10.1. The molecular formula is C26H45F3N3O5+. The second-order valence-electron chi connectivity index (χ2n) is 9.61. The largest absolute Gasteiger partial charge is 0.573 e.